The lowest BCUT2D eigenvalue weighted by Gasteiger charge is -2.43. The van der Waals surface area contributed by atoms with Crippen LogP contribution in [0.4, 0.5) is 22.7 Å². The second-order valence-electron chi connectivity index (χ2n) is 18.3. The fourth-order valence-electron chi connectivity index (χ4n) is 9.52. The van der Waals surface area contributed by atoms with Crippen LogP contribution >= 0.6 is 0 Å². The van der Waals surface area contributed by atoms with Crippen LogP contribution in [0.15, 0.2) is 122 Å². The Balaban J connectivity index is 1.29. The summed E-state index contributed by atoms with van der Waals surface area (Å²) in [6.45, 7) is 27.4. The van der Waals surface area contributed by atoms with E-state index >= 15 is 0 Å². The first-order valence-electron chi connectivity index (χ1n) is 23.2. The first-order valence-corrected chi connectivity index (χ1v) is 23.2. The predicted octanol–water partition coefficient (Wildman–Crippen LogP) is 16.3. The molecule has 0 radical (unpaired) electrons. The summed E-state index contributed by atoms with van der Waals surface area (Å²) >= 11 is 0. The van der Waals surface area contributed by atoms with Gasteiger partial charge in [-0.05, 0) is 148 Å². The van der Waals surface area contributed by atoms with Crippen molar-refractivity contribution in [3.05, 3.63) is 155 Å². The molecule has 0 saturated heterocycles. The molecule has 4 nitrogen and oxygen atoms in total. The molecular formula is C57H72N4. The summed E-state index contributed by atoms with van der Waals surface area (Å²) in [6, 6.07) is 41.2. The van der Waals surface area contributed by atoms with Crippen molar-refractivity contribution in [2.75, 3.05) is 9.80 Å². The smallest absolute Gasteiger partial charge is 0.0887 e. The predicted molar refractivity (Wildman–Crippen MR) is 264 cm³/mol. The van der Waals surface area contributed by atoms with Crippen LogP contribution in [0.1, 0.15) is 140 Å². The Hall–Kier alpha value is -5.22. The van der Waals surface area contributed by atoms with Gasteiger partial charge in [0.05, 0.1) is 23.3 Å². The highest BCUT2D eigenvalue weighted by Crippen LogP contribution is 2.42. The summed E-state index contributed by atoms with van der Waals surface area (Å²) < 4.78 is 0. The fourth-order valence-corrected chi connectivity index (χ4v) is 9.52. The van der Waals surface area contributed by atoms with Crippen LogP contribution in [0, 0.1) is 27.7 Å². The quantitative estimate of drug-likeness (QED) is 0.0865. The Morgan fingerprint density at radius 2 is 1.10 bits per heavy atom. The molecule has 2 heterocycles. The number of hydrogen-bond acceptors (Lipinski definition) is 4. The molecule has 4 aromatic carbocycles. The van der Waals surface area contributed by atoms with E-state index in [0.29, 0.717) is 0 Å². The van der Waals surface area contributed by atoms with E-state index in [1.54, 1.807) is 0 Å². The normalized spacial score (nSPS) is 13.7. The molecule has 0 aliphatic rings. The average molecular weight is 813 g/mol. The molecule has 3 unspecified atom stereocenters. The maximum absolute atomic E-state index is 5.07. The van der Waals surface area contributed by atoms with E-state index in [2.05, 4.69) is 208 Å². The van der Waals surface area contributed by atoms with Gasteiger partial charge in [-0.15, -0.1) is 0 Å². The zero-order valence-electron chi connectivity index (χ0n) is 39.4. The van der Waals surface area contributed by atoms with Gasteiger partial charge in [0.2, 0.25) is 0 Å². The Kier molecular flexibility index (Phi) is 14.6. The maximum Gasteiger partial charge on any atom is 0.0887 e. The molecular weight excluding hydrogens is 741 g/mol. The third-order valence-corrected chi connectivity index (χ3v) is 14.0. The molecule has 0 spiro atoms. The Bertz CT molecular complexity index is 2320. The number of hydrogen-bond donors (Lipinski definition) is 0. The summed E-state index contributed by atoms with van der Waals surface area (Å²) in [7, 11) is 0. The molecule has 0 fully saturated rings. The van der Waals surface area contributed by atoms with Crippen molar-refractivity contribution >= 4 is 22.7 Å². The molecule has 61 heavy (non-hydrogen) atoms. The van der Waals surface area contributed by atoms with Gasteiger partial charge in [0, 0.05) is 40.8 Å². The van der Waals surface area contributed by atoms with Crippen molar-refractivity contribution in [3.8, 4) is 22.5 Å². The molecule has 0 aliphatic carbocycles. The lowest BCUT2D eigenvalue weighted by molar-refractivity contribution is 0.414. The van der Waals surface area contributed by atoms with Gasteiger partial charge in [-0.2, -0.15) is 0 Å². The molecule has 4 heteroatoms. The van der Waals surface area contributed by atoms with E-state index in [-0.39, 0.29) is 22.9 Å². The highest BCUT2D eigenvalue weighted by atomic mass is 15.2. The first kappa shape index (κ1) is 45.3. The molecule has 0 saturated carbocycles. The van der Waals surface area contributed by atoms with Gasteiger partial charge in [-0.25, -0.2) is 0 Å². The highest BCUT2D eigenvalue weighted by Gasteiger charge is 2.32. The molecule has 6 aromatic rings. The molecule has 6 rings (SSSR count). The third kappa shape index (κ3) is 9.80. The van der Waals surface area contributed by atoms with E-state index in [4.69, 9.17) is 9.97 Å². The maximum atomic E-state index is 5.07. The molecule has 0 N–H and O–H groups in total. The fraction of sp³-hybridized carbons (Fsp3) is 0.404. The number of nitrogens with zero attached hydrogens (tertiary/aromatic N) is 4. The van der Waals surface area contributed by atoms with Crippen LogP contribution in [-0.4, -0.2) is 21.5 Å². The van der Waals surface area contributed by atoms with Crippen LogP contribution in [0.3, 0.4) is 0 Å². The lowest BCUT2D eigenvalue weighted by Crippen LogP contribution is -2.42. The standard InChI is InChI=1S/C57H72N4/c1-13-18-55(60(53-33-19-40(6)36-42(53)8)49-28-23-46(24-29-49)45-21-26-48(27-22-45)56(11,15-3)35-14-2)44(10)47-25-31-51(58-38-47)52-32-30-50(39-59-52)61(57(12,16-4)17-5)54-34-20-41(7)37-43(54)9/h19-34,36-39,44,55H,13-18,35H2,1-12H3. The number of pyridine rings is 2. The number of benzene rings is 4. The highest BCUT2D eigenvalue weighted by molar-refractivity contribution is 5.73. The Morgan fingerprint density at radius 1 is 0.557 bits per heavy atom. The van der Waals surface area contributed by atoms with Crippen LogP contribution < -0.4 is 9.80 Å². The Morgan fingerprint density at radius 3 is 1.57 bits per heavy atom. The van der Waals surface area contributed by atoms with E-state index in [1.807, 2.05) is 6.20 Å². The minimum atomic E-state index is -0.0430. The third-order valence-electron chi connectivity index (χ3n) is 14.0. The number of rotatable bonds is 18. The molecule has 0 bridgehead atoms. The average Bonchev–Trinajstić information content (AvgIpc) is 3.28. The Labute approximate surface area is 369 Å². The van der Waals surface area contributed by atoms with Crippen molar-refractivity contribution in [1.29, 1.82) is 0 Å². The van der Waals surface area contributed by atoms with Crippen molar-refractivity contribution in [2.45, 2.75) is 151 Å². The van der Waals surface area contributed by atoms with Gasteiger partial charge < -0.3 is 9.80 Å². The number of aryl methyl sites for hydroxylation is 4. The summed E-state index contributed by atoms with van der Waals surface area (Å²) in [5, 5.41) is 0. The van der Waals surface area contributed by atoms with E-state index in [0.717, 1.165) is 49.2 Å². The largest absolute Gasteiger partial charge is 0.338 e. The van der Waals surface area contributed by atoms with E-state index in [9.17, 15) is 0 Å². The van der Waals surface area contributed by atoms with Gasteiger partial charge in [0.15, 0.2) is 0 Å². The van der Waals surface area contributed by atoms with Gasteiger partial charge in [0.25, 0.3) is 0 Å². The van der Waals surface area contributed by atoms with Gasteiger partial charge in [-0.1, -0.05) is 139 Å². The van der Waals surface area contributed by atoms with Crippen LogP contribution in [0.25, 0.3) is 22.5 Å². The van der Waals surface area contributed by atoms with E-state index in [1.165, 1.54) is 74.4 Å². The van der Waals surface area contributed by atoms with Crippen molar-refractivity contribution in [1.82, 2.24) is 9.97 Å². The summed E-state index contributed by atoms with van der Waals surface area (Å²) in [6.07, 6.45) is 11.8. The SMILES string of the molecule is CCCC(C(C)c1ccc(-c2ccc(N(c3ccc(C)cc3C)C(C)(CC)CC)cn2)nc1)N(c1ccc(-c2ccc(C(C)(CC)CCC)cc2)cc1)c1ccc(C)cc1C. The summed E-state index contributed by atoms with van der Waals surface area (Å²) in [5.41, 5.74) is 17.1. The van der Waals surface area contributed by atoms with Gasteiger partial charge in [0.1, 0.15) is 0 Å². The summed E-state index contributed by atoms with van der Waals surface area (Å²) in [4.78, 5) is 15.2. The van der Waals surface area contributed by atoms with Crippen LogP contribution in [0.2, 0.25) is 0 Å². The second-order valence-corrected chi connectivity index (χ2v) is 18.3. The van der Waals surface area contributed by atoms with Crippen molar-refractivity contribution in [2.24, 2.45) is 0 Å². The van der Waals surface area contributed by atoms with E-state index < -0.39 is 0 Å². The molecule has 0 aliphatic heterocycles. The van der Waals surface area contributed by atoms with Gasteiger partial charge in [-0.3, -0.25) is 9.97 Å². The zero-order chi connectivity index (χ0) is 43.9. The first-order chi connectivity index (χ1) is 29.3. The van der Waals surface area contributed by atoms with Crippen LogP contribution in [0.5, 0.6) is 0 Å². The topological polar surface area (TPSA) is 32.3 Å². The monoisotopic (exact) mass is 813 g/mol. The minimum Gasteiger partial charge on any atom is -0.338 e. The summed E-state index contributed by atoms with van der Waals surface area (Å²) in [5.74, 6) is 0.216. The number of aromatic nitrogens is 2. The molecule has 320 valence electrons. The van der Waals surface area contributed by atoms with Crippen molar-refractivity contribution < 1.29 is 0 Å². The number of anilines is 4. The molecule has 2 aromatic heterocycles. The zero-order valence-corrected chi connectivity index (χ0v) is 39.4. The van der Waals surface area contributed by atoms with Crippen molar-refractivity contribution in [3.63, 3.8) is 0 Å². The lowest BCUT2D eigenvalue weighted by atomic mass is 9.76. The van der Waals surface area contributed by atoms with Gasteiger partial charge >= 0.3 is 0 Å². The van der Waals surface area contributed by atoms with Crippen LogP contribution in [-0.2, 0) is 5.41 Å². The second kappa shape index (κ2) is 19.7. The molecule has 0 amide bonds. The molecule has 3 atom stereocenters. The minimum absolute atomic E-state index is 0.0430.